The SMILES string of the molecule is CO[C@H]1C[C@@H]2CNC[C@]2(c2ccc(Cl)c(Cl)c2)C1. The number of benzene rings is 1. The number of fused-ring (bicyclic) bond motifs is 1. The Kier molecular flexibility index (Phi) is 3.31. The van der Waals surface area contributed by atoms with E-state index in [-0.39, 0.29) is 5.41 Å². The van der Waals surface area contributed by atoms with Gasteiger partial charge in [-0.3, -0.25) is 0 Å². The molecule has 0 aromatic heterocycles. The molecule has 3 atom stereocenters. The van der Waals surface area contributed by atoms with Crippen LogP contribution in [-0.4, -0.2) is 26.3 Å². The molecule has 1 aromatic carbocycles. The van der Waals surface area contributed by atoms with E-state index < -0.39 is 0 Å². The number of nitrogens with one attached hydrogen (secondary N) is 1. The predicted octanol–water partition coefficient (Wildman–Crippen LogP) is 3.26. The molecule has 0 amide bonds. The summed E-state index contributed by atoms with van der Waals surface area (Å²) in [6.45, 7) is 2.08. The lowest BCUT2D eigenvalue weighted by atomic mass is 9.74. The number of hydrogen-bond donors (Lipinski definition) is 1. The van der Waals surface area contributed by atoms with Crippen LogP contribution in [0.3, 0.4) is 0 Å². The van der Waals surface area contributed by atoms with Crippen LogP contribution in [0.4, 0.5) is 0 Å². The second-order valence-electron chi connectivity index (χ2n) is 5.41. The van der Waals surface area contributed by atoms with Crippen LogP contribution in [0.2, 0.25) is 10.0 Å². The van der Waals surface area contributed by atoms with Crippen molar-refractivity contribution in [3.63, 3.8) is 0 Å². The molecule has 3 rings (SSSR count). The molecular weight excluding hydrogens is 269 g/mol. The molecule has 98 valence electrons. The first-order chi connectivity index (χ1) is 8.65. The van der Waals surface area contributed by atoms with Gasteiger partial charge in [0.1, 0.15) is 0 Å². The minimum Gasteiger partial charge on any atom is -0.381 e. The minimum atomic E-state index is 0.176. The number of halogens is 2. The van der Waals surface area contributed by atoms with E-state index in [1.165, 1.54) is 5.56 Å². The second-order valence-corrected chi connectivity index (χ2v) is 6.22. The van der Waals surface area contributed by atoms with E-state index >= 15 is 0 Å². The summed E-state index contributed by atoms with van der Waals surface area (Å²) in [6.07, 6.45) is 2.56. The van der Waals surface area contributed by atoms with Crippen LogP contribution in [-0.2, 0) is 10.2 Å². The Hall–Kier alpha value is -0.280. The van der Waals surface area contributed by atoms with Crippen molar-refractivity contribution in [2.45, 2.75) is 24.4 Å². The third kappa shape index (κ3) is 1.87. The van der Waals surface area contributed by atoms with Crippen LogP contribution in [0.15, 0.2) is 18.2 Å². The number of ether oxygens (including phenoxy) is 1. The summed E-state index contributed by atoms with van der Waals surface area (Å²) in [5.74, 6) is 0.639. The van der Waals surface area contributed by atoms with Gasteiger partial charge in [-0.2, -0.15) is 0 Å². The first-order valence-corrected chi connectivity index (χ1v) is 7.10. The van der Waals surface area contributed by atoms with E-state index in [9.17, 15) is 0 Å². The van der Waals surface area contributed by atoms with Crippen molar-refractivity contribution in [3.8, 4) is 0 Å². The Bertz CT molecular complexity index is 465. The van der Waals surface area contributed by atoms with E-state index in [1.807, 2.05) is 19.2 Å². The van der Waals surface area contributed by atoms with Crippen molar-refractivity contribution < 1.29 is 4.74 Å². The minimum absolute atomic E-state index is 0.176. The molecule has 18 heavy (non-hydrogen) atoms. The van der Waals surface area contributed by atoms with Crippen molar-refractivity contribution in [3.05, 3.63) is 33.8 Å². The van der Waals surface area contributed by atoms with Crippen molar-refractivity contribution >= 4 is 23.2 Å². The highest BCUT2D eigenvalue weighted by molar-refractivity contribution is 6.42. The van der Waals surface area contributed by atoms with Crippen LogP contribution in [0.1, 0.15) is 18.4 Å². The summed E-state index contributed by atoms with van der Waals surface area (Å²) < 4.78 is 5.56. The van der Waals surface area contributed by atoms with E-state index in [0.717, 1.165) is 25.9 Å². The molecule has 2 fully saturated rings. The average molecular weight is 286 g/mol. The van der Waals surface area contributed by atoms with Gasteiger partial charge in [0.05, 0.1) is 16.1 Å². The molecule has 2 nitrogen and oxygen atoms in total. The fourth-order valence-corrected chi connectivity index (χ4v) is 3.90. The van der Waals surface area contributed by atoms with Gasteiger partial charge in [-0.25, -0.2) is 0 Å². The van der Waals surface area contributed by atoms with Gasteiger partial charge < -0.3 is 10.1 Å². The first kappa shape index (κ1) is 12.7. The predicted molar refractivity (Wildman–Crippen MR) is 74.5 cm³/mol. The molecular formula is C14H17Cl2NO. The maximum absolute atomic E-state index is 6.17. The molecule has 1 heterocycles. The Labute approximate surface area is 118 Å². The van der Waals surface area contributed by atoms with Crippen molar-refractivity contribution in [2.75, 3.05) is 20.2 Å². The lowest BCUT2D eigenvalue weighted by Crippen LogP contribution is -2.31. The normalized spacial score (nSPS) is 34.8. The zero-order chi connectivity index (χ0) is 12.8. The van der Waals surface area contributed by atoms with Gasteiger partial charge in [0.25, 0.3) is 0 Å². The molecule has 1 aliphatic carbocycles. The Morgan fingerprint density at radius 3 is 2.89 bits per heavy atom. The van der Waals surface area contributed by atoms with Crippen molar-refractivity contribution in [2.24, 2.45) is 5.92 Å². The van der Waals surface area contributed by atoms with Crippen LogP contribution in [0.25, 0.3) is 0 Å². The highest BCUT2D eigenvalue weighted by atomic mass is 35.5. The van der Waals surface area contributed by atoms with E-state index in [1.54, 1.807) is 0 Å². The molecule has 2 aliphatic rings. The van der Waals surface area contributed by atoms with Gasteiger partial charge >= 0.3 is 0 Å². The highest BCUT2D eigenvalue weighted by Crippen LogP contribution is 2.49. The van der Waals surface area contributed by atoms with E-state index in [2.05, 4.69) is 11.4 Å². The summed E-state index contributed by atoms with van der Waals surface area (Å²) >= 11 is 12.2. The third-order valence-corrected chi connectivity index (χ3v) is 5.32. The lowest BCUT2D eigenvalue weighted by molar-refractivity contribution is 0.100. The van der Waals surface area contributed by atoms with Crippen molar-refractivity contribution in [1.82, 2.24) is 5.32 Å². The van der Waals surface area contributed by atoms with Gasteiger partial charge in [0.2, 0.25) is 0 Å². The maximum atomic E-state index is 6.17. The fraction of sp³-hybridized carbons (Fsp3) is 0.571. The molecule has 1 N–H and O–H groups in total. The average Bonchev–Trinajstić information content (AvgIpc) is 2.89. The van der Waals surface area contributed by atoms with E-state index in [4.69, 9.17) is 27.9 Å². The van der Waals surface area contributed by atoms with Gasteiger partial charge in [-0.15, -0.1) is 0 Å². The maximum Gasteiger partial charge on any atom is 0.0595 e. The molecule has 4 heteroatoms. The summed E-state index contributed by atoms with van der Waals surface area (Å²) in [5, 5.41) is 4.78. The smallest absolute Gasteiger partial charge is 0.0595 e. The fourth-order valence-electron chi connectivity index (χ4n) is 3.60. The molecule has 1 aliphatic heterocycles. The molecule has 0 radical (unpaired) electrons. The van der Waals surface area contributed by atoms with Crippen LogP contribution >= 0.6 is 23.2 Å². The third-order valence-electron chi connectivity index (χ3n) is 4.58. The molecule has 0 bridgehead atoms. The monoisotopic (exact) mass is 285 g/mol. The lowest BCUT2D eigenvalue weighted by Gasteiger charge is -2.29. The number of methoxy groups -OCH3 is 1. The van der Waals surface area contributed by atoms with Crippen molar-refractivity contribution in [1.29, 1.82) is 0 Å². The quantitative estimate of drug-likeness (QED) is 0.901. The molecule has 1 saturated heterocycles. The topological polar surface area (TPSA) is 21.3 Å². The van der Waals surface area contributed by atoms with Gasteiger partial charge in [-0.05, 0) is 43.0 Å². The van der Waals surface area contributed by atoms with Gasteiger partial charge in [-0.1, -0.05) is 29.3 Å². The van der Waals surface area contributed by atoms with Crippen LogP contribution < -0.4 is 5.32 Å². The Morgan fingerprint density at radius 2 is 2.17 bits per heavy atom. The highest BCUT2D eigenvalue weighted by Gasteiger charge is 2.51. The van der Waals surface area contributed by atoms with Gasteiger partial charge in [0, 0.05) is 19.1 Å². The van der Waals surface area contributed by atoms with Crippen LogP contribution in [0.5, 0.6) is 0 Å². The summed E-state index contributed by atoms with van der Waals surface area (Å²) in [6, 6.07) is 6.05. The summed E-state index contributed by atoms with van der Waals surface area (Å²) in [5.41, 5.74) is 1.47. The molecule has 0 spiro atoms. The zero-order valence-electron chi connectivity index (χ0n) is 10.4. The second kappa shape index (κ2) is 4.68. The van der Waals surface area contributed by atoms with E-state index in [0.29, 0.717) is 22.1 Å². The largest absolute Gasteiger partial charge is 0.381 e. The number of hydrogen-bond acceptors (Lipinski definition) is 2. The number of rotatable bonds is 2. The molecule has 1 saturated carbocycles. The molecule has 1 aromatic rings. The summed E-state index contributed by atoms with van der Waals surface area (Å²) in [7, 11) is 1.81. The van der Waals surface area contributed by atoms with Crippen LogP contribution in [0, 0.1) is 5.92 Å². The zero-order valence-corrected chi connectivity index (χ0v) is 11.9. The Morgan fingerprint density at radius 1 is 1.33 bits per heavy atom. The molecule has 0 unspecified atom stereocenters. The Balaban J connectivity index is 1.99. The summed E-state index contributed by atoms with van der Waals surface area (Å²) in [4.78, 5) is 0. The van der Waals surface area contributed by atoms with Gasteiger partial charge in [0.15, 0.2) is 0 Å². The standard InChI is InChI=1S/C14H17Cl2NO/c1-18-11-4-10-7-17-8-14(10,6-11)9-2-3-12(15)13(16)5-9/h2-3,5,10-11,17H,4,6-8H2,1H3/t10-,11+,14+/m1/s1. The first-order valence-electron chi connectivity index (χ1n) is 6.35.